The summed E-state index contributed by atoms with van der Waals surface area (Å²) in [5.41, 5.74) is 1.89. The van der Waals surface area contributed by atoms with E-state index in [-0.39, 0.29) is 11.6 Å². The van der Waals surface area contributed by atoms with Crippen molar-refractivity contribution in [2.45, 2.75) is 0 Å². The summed E-state index contributed by atoms with van der Waals surface area (Å²) in [5, 5.41) is 10.2. The fraction of sp³-hybridized carbons (Fsp3) is 0.0667. The van der Waals surface area contributed by atoms with Gasteiger partial charge in [0, 0.05) is 11.1 Å². The van der Waals surface area contributed by atoms with E-state index in [2.05, 4.69) is 20.2 Å². The molecule has 0 aliphatic carbocycles. The molecule has 118 valence electrons. The summed E-state index contributed by atoms with van der Waals surface area (Å²) >= 11 is 0. The minimum absolute atomic E-state index is 0.280. The third kappa shape index (κ3) is 3.49. The Morgan fingerprint density at radius 3 is 2.61 bits per heavy atom. The Bertz CT molecular complexity index is 979. The molecular weight excluding hydrogens is 316 g/mol. The summed E-state index contributed by atoms with van der Waals surface area (Å²) in [6.07, 6.45) is 1.06. The Hall–Kier alpha value is -2.87. The van der Waals surface area contributed by atoms with Gasteiger partial charge in [0.1, 0.15) is 0 Å². The highest BCUT2D eigenvalue weighted by atomic mass is 32.2. The maximum absolute atomic E-state index is 12.4. The Kier molecular flexibility index (Phi) is 3.75. The number of aromatic nitrogens is 2. The van der Waals surface area contributed by atoms with Crippen LogP contribution in [0.4, 0.5) is 11.4 Å². The average molecular weight is 330 g/mol. The van der Waals surface area contributed by atoms with Crippen LogP contribution in [0.2, 0.25) is 0 Å². The zero-order valence-electron chi connectivity index (χ0n) is 12.2. The molecule has 3 rings (SSSR count). The second-order valence-electron chi connectivity index (χ2n) is 5.03. The first kappa shape index (κ1) is 15.0. The molecule has 1 aromatic heterocycles. The van der Waals surface area contributed by atoms with Crippen molar-refractivity contribution in [3.05, 3.63) is 54.2 Å². The van der Waals surface area contributed by atoms with Gasteiger partial charge in [-0.1, -0.05) is 24.3 Å². The lowest BCUT2D eigenvalue weighted by Crippen LogP contribution is -2.14. The van der Waals surface area contributed by atoms with Gasteiger partial charge in [0.15, 0.2) is 5.69 Å². The molecule has 23 heavy (non-hydrogen) atoms. The summed E-state index contributed by atoms with van der Waals surface area (Å²) in [4.78, 5) is 12.4. The molecule has 0 bridgehead atoms. The number of carbonyl (C=O) groups is 1. The lowest BCUT2D eigenvalue weighted by Gasteiger charge is -2.07. The number of carbonyl (C=O) groups excluding carboxylic acids is 1. The van der Waals surface area contributed by atoms with E-state index >= 15 is 0 Å². The summed E-state index contributed by atoms with van der Waals surface area (Å²) in [7, 11) is -3.37. The predicted octanol–water partition coefficient (Wildman–Crippen LogP) is 2.19. The van der Waals surface area contributed by atoms with Crippen molar-refractivity contribution in [1.29, 1.82) is 0 Å². The minimum Gasteiger partial charge on any atom is -0.321 e. The lowest BCUT2D eigenvalue weighted by atomic mass is 10.2. The average Bonchev–Trinajstić information content (AvgIpc) is 2.89. The standard InChI is InChI=1S/C15H14N4O3S/c1-23(21,22)19-11-6-4-5-10(9-11)16-15(20)14-12-7-2-3-8-13(12)17-18-14/h2-9,19H,1H3,(H,16,20)(H,17,18). The maximum atomic E-state index is 12.4. The molecule has 0 radical (unpaired) electrons. The molecule has 1 heterocycles. The first-order valence-electron chi connectivity index (χ1n) is 6.75. The van der Waals surface area contributed by atoms with Crippen LogP contribution in [-0.4, -0.2) is 30.8 Å². The van der Waals surface area contributed by atoms with Gasteiger partial charge >= 0.3 is 0 Å². The van der Waals surface area contributed by atoms with Gasteiger partial charge in [0.2, 0.25) is 10.0 Å². The van der Waals surface area contributed by atoms with Gasteiger partial charge in [-0.25, -0.2) is 8.42 Å². The molecule has 3 aromatic rings. The van der Waals surface area contributed by atoms with Crippen LogP contribution >= 0.6 is 0 Å². The number of anilines is 2. The topological polar surface area (TPSA) is 104 Å². The van der Waals surface area contributed by atoms with Crippen LogP contribution in [0, 0.1) is 0 Å². The summed E-state index contributed by atoms with van der Waals surface area (Å²) in [6.45, 7) is 0. The summed E-state index contributed by atoms with van der Waals surface area (Å²) < 4.78 is 24.9. The zero-order chi connectivity index (χ0) is 16.4. The van der Waals surface area contributed by atoms with E-state index in [1.165, 1.54) is 6.07 Å². The Balaban J connectivity index is 1.84. The lowest BCUT2D eigenvalue weighted by molar-refractivity contribution is 0.102. The normalized spacial score (nSPS) is 11.3. The smallest absolute Gasteiger partial charge is 0.276 e. The summed E-state index contributed by atoms with van der Waals surface area (Å²) in [5.74, 6) is -0.376. The molecule has 0 aliphatic rings. The van der Waals surface area contributed by atoms with Crippen molar-refractivity contribution in [2.75, 3.05) is 16.3 Å². The highest BCUT2D eigenvalue weighted by molar-refractivity contribution is 7.92. The number of H-pyrrole nitrogens is 1. The van der Waals surface area contributed by atoms with Crippen LogP contribution in [0.5, 0.6) is 0 Å². The number of nitrogens with zero attached hydrogens (tertiary/aromatic N) is 1. The number of amides is 1. The number of fused-ring (bicyclic) bond motifs is 1. The third-order valence-corrected chi connectivity index (χ3v) is 3.72. The monoisotopic (exact) mass is 330 g/mol. The van der Waals surface area contributed by atoms with Gasteiger partial charge in [0.25, 0.3) is 5.91 Å². The van der Waals surface area contributed by atoms with Crippen LogP contribution in [0.15, 0.2) is 48.5 Å². The molecule has 0 saturated heterocycles. The van der Waals surface area contributed by atoms with Gasteiger partial charge in [-0.2, -0.15) is 5.10 Å². The molecule has 3 N–H and O–H groups in total. The van der Waals surface area contributed by atoms with Gasteiger partial charge < -0.3 is 5.32 Å². The Morgan fingerprint density at radius 1 is 1.09 bits per heavy atom. The van der Waals surface area contributed by atoms with Crippen LogP contribution in [-0.2, 0) is 10.0 Å². The van der Waals surface area contributed by atoms with Crippen LogP contribution in [0.25, 0.3) is 10.9 Å². The summed E-state index contributed by atoms with van der Waals surface area (Å²) in [6, 6.07) is 13.7. The molecule has 0 aliphatic heterocycles. The number of nitrogens with one attached hydrogen (secondary N) is 3. The van der Waals surface area contributed by atoms with Gasteiger partial charge in [-0.15, -0.1) is 0 Å². The van der Waals surface area contributed by atoms with Gasteiger partial charge in [0.05, 0.1) is 17.5 Å². The molecule has 0 spiro atoms. The van der Waals surface area contributed by atoms with Gasteiger partial charge in [-0.3, -0.25) is 14.6 Å². The second-order valence-corrected chi connectivity index (χ2v) is 6.78. The predicted molar refractivity (Wildman–Crippen MR) is 89.0 cm³/mol. The molecule has 1 amide bonds. The fourth-order valence-electron chi connectivity index (χ4n) is 2.20. The van der Waals surface area contributed by atoms with E-state index in [1.54, 1.807) is 24.3 Å². The highest BCUT2D eigenvalue weighted by Gasteiger charge is 2.14. The molecule has 2 aromatic carbocycles. The minimum atomic E-state index is -3.37. The number of hydrogen-bond donors (Lipinski definition) is 3. The van der Waals surface area contributed by atoms with E-state index in [4.69, 9.17) is 0 Å². The third-order valence-electron chi connectivity index (χ3n) is 3.11. The van der Waals surface area contributed by atoms with Crippen molar-refractivity contribution in [3.63, 3.8) is 0 Å². The van der Waals surface area contributed by atoms with Crippen molar-refractivity contribution in [2.24, 2.45) is 0 Å². The maximum Gasteiger partial charge on any atom is 0.276 e. The van der Waals surface area contributed by atoms with E-state index in [1.807, 2.05) is 18.2 Å². The van der Waals surface area contributed by atoms with Crippen molar-refractivity contribution >= 4 is 38.2 Å². The number of hydrogen-bond acceptors (Lipinski definition) is 4. The van der Waals surface area contributed by atoms with E-state index in [0.717, 1.165) is 17.2 Å². The molecule has 8 heteroatoms. The van der Waals surface area contributed by atoms with Crippen molar-refractivity contribution < 1.29 is 13.2 Å². The molecule has 0 unspecified atom stereocenters. The number of sulfonamides is 1. The first-order valence-corrected chi connectivity index (χ1v) is 8.64. The molecule has 0 fully saturated rings. The number of para-hydroxylation sites is 1. The number of aromatic amines is 1. The van der Waals surface area contributed by atoms with Crippen LogP contribution in [0.3, 0.4) is 0 Å². The SMILES string of the molecule is CS(=O)(=O)Nc1cccc(NC(=O)c2n[nH]c3ccccc23)c1. The quantitative estimate of drug-likeness (QED) is 0.682. The first-order chi connectivity index (χ1) is 10.9. The van der Waals surface area contributed by atoms with E-state index in [9.17, 15) is 13.2 Å². The van der Waals surface area contributed by atoms with Gasteiger partial charge in [-0.05, 0) is 24.3 Å². The largest absolute Gasteiger partial charge is 0.321 e. The molecule has 7 nitrogen and oxygen atoms in total. The van der Waals surface area contributed by atoms with Crippen LogP contribution in [0.1, 0.15) is 10.5 Å². The van der Waals surface area contributed by atoms with E-state index in [0.29, 0.717) is 11.4 Å². The van der Waals surface area contributed by atoms with Crippen LogP contribution < -0.4 is 10.0 Å². The number of rotatable bonds is 4. The van der Waals surface area contributed by atoms with Crippen molar-refractivity contribution in [3.8, 4) is 0 Å². The molecule has 0 saturated carbocycles. The van der Waals surface area contributed by atoms with E-state index < -0.39 is 10.0 Å². The Labute approximate surface area is 132 Å². The number of benzene rings is 2. The van der Waals surface area contributed by atoms with Crippen molar-refractivity contribution in [1.82, 2.24) is 10.2 Å². The fourth-order valence-corrected chi connectivity index (χ4v) is 2.76. The Morgan fingerprint density at radius 2 is 1.83 bits per heavy atom. The molecule has 0 atom stereocenters. The highest BCUT2D eigenvalue weighted by Crippen LogP contribution is 2.19. The second kappa shape index (κ2) is 5.73. The zero-order valence-corrected chi connectivity index (χ0v) is 13.0. The molecular formula is C15H14N4O3S.